The van der Waals surface area contributed by atoms with Gasteiger partial charge in [-0.2, -0.15) is 0 Å². The summed E-state index contributed by atoms with van der Waals surface area (Å²) in [5, 5.41) is 0. The van der Waals surface area contributed by atoms with Gasteiger partial charge in [-0.3, -0.25) is 14.7 Å². The summed E-state index contributed by atoms with van der Waals surface area (Å²) in [5.74, 6) is -0.171. The molecule has 1 heterocycles. The Hall–Kier alpha value is -1.17. The first-order valence-corrected chi connectivity index (χ1v) is 7.74. The fourth-order valence-electron chi connectivity index (χ4n) is 2.16. The number of rotatable bonds is 11. The zero-order chi connectivity index (χ0) is 15.3. The van der Waals surface area contributed by atoms with Gasteiger partial charge in [0.25, 0.3) is 0 Å². The number of ether oxygens (including phenoxy) is 1. The molecule has 0 bridgehead atoms. The first-order chi connectivity index (χ1) is 10.3. The molecule has 1 aromatic heterocycles. The first kappa shape index (κ1) is 20.8. The molecule has 0 saturated carbocycles. The molecule has 0 fully saturated rings. The second kappa shape index (κ2) is 13.5. The number of nitrogens with two attached hydrogens (primary N) is 1. The van der Waals surface area contributed by atoms with Gasteiger partial charge in [0.05, 0.1) is 18.8 Å². The topological polar surface area (TPSA) is 68.5 Å². The normalized spacial score (nSPS) is 10.3. The van der Waals surface area contributed by atoms with Gasteiger partial charge < -0.3 is 10.5 Å². The van der Waals surface area contributed by atoms with Gasteiger partial charge in [0.15, 0.2) is 0 Å². The maximum absolute atomic E-state index is 11.7. The van der Waals surface area contributed by atoms with Crippen LogP contribution in [0, 0.1) is 0 Å². The van der Waals surface area contributed by atoms with E-state index in [4.69, 9.17) is 10.5 Å². The van der Waals surface area contributed by atoms with Crippen molar-refractivity contribution in [2.75, 3.05) is 26.2 Å². The summed E-state index contributed by atoms with van der Waals surface area (Å²) in [5.41, 5.74) is 6.47. The van der Waals surface area contributed by atoms with Crippen LogP contribution in [-0.4, -0.2) is 42.1 Å². The fraction of sp³-hybridized carbons (Fsp3) is 0.625. The molecule has 0 saturated heterocycles. The molecule has 22 heavy (non-hydrogen) atoms. The number of aromatic nitrogens is 1. The van der Waals surface area contributed by atoms with Crippen LogP contribution in [0.2, 0.25) is 0 Å². The van der Waals surface area contributed by atoms with E-state index in [0.29, 0.717) is 19.7 Å². The van der Waals surface area contributed by atoms with Gasteiger partial charge in [-0.15, -0.1) is 12.4 Å². The largest absolute Gasteiger partial charge is 0.465 e. The molecule has 0 aliphatic heterocycles. The number of esters is 1. The lowest BCUT2D eigenvalue weighted by Gasteiger charge is -2.20. The predicted molar refractivity (Wildman–Crippen MR) is 90.9 cm³/mol. The van der Waals surface area contributed by atoms with E-state index in [1.807, 2.05) is 25.1 Å². The van der Waals surface area contributed by atoms with Crippen molar-refractivity contribution in [3.8, 4) is 0 Å². The maximum Gasteiger partial charge on any atom is 0.320 e. The molecule has 5 nitrogen and oxygen atoms in total. The van der Waals surface area contributed by atoms with E-state index in [0.717, 1.165) is 44.5 Å². The second-order valence-corrected chi connectivity index (χ2v) is 5.04. The smallest absolute Gasteiger partial charge is 0.320 e. The molecule has 0 aromatic carbocycles. The van der Waals surface area contributed by atoms with Gasteiger partial charge >= 0.3 is 5.97 Å². The van der Waals surface area contributed by atoms with Crippen LogP contribution in [0.1, 0.15) is 38.3 Å². The number of carbonyl (C=O) groups excluding carboxylic acids is 1. The Labute approximate surface area is 139 Å². The van der Waals surface area contributed by atoms with Crippen molar-refractivity contribution >= 4 is 18.4 Å². The molecule has 0 radical (unpaired) electrons. The Kier molecular flexibility index (Phi) is 12.8. The zero-order valence-electron chi connectivity index (χ0n) is 13.4. The van der Waals surface area contributed by atoms with Gasteiger partial charge in [-0.1, -0.05) is 18.9 Å². The van der Waals surface area contributed by atoms with Crippen LogP contribution in [0.15, 0.2) is 24.4 Å². The molecule has 0 atom stereocenters. The van der Waals surface area contributed by atoms with Crippen LogP contribution in [-0.2, 0) is 16.1 Å². The monoisotopic (exact) mass is 329 g/mol. The average molecular weight is 330 g/mol. The van der Waals surface area contributed by atoms with E-state index < -0.39 is 0 Å². The van der Waals surface area contributed by atoms with Crippen LogP contribution in [0.3, 0.4) is 0 Å². The number of carbonyl (C=O) groups is 1. The lowest BCUT2D eigenvalue weighted by atomic mass is 10.2. The Bertz CT molecular complexity index is 390. The molecule has 6 heteroatoms. The summed E-state index contributed by atoms with van der Waals surface area (Å²) in [6, 6.07) is 5.84. The van der Waals surface area contributed by atoms with Crippen molar-refractivity contribution in [2.45, 2.75) is 39.2 Å². The predicted octanol–water partition coefficient (Wildman–Crippen LogP) is 2.39. The number of nitrogens with zero attached hydrogens (tertiary/aromatic N) is 2. The average Bonchev–Trinajstić information content (AvgIpc) is 2.48. The highest BCUT2D eigenvalue weighted by molar-refractivity contribution is 5.85. The number of hydrogen-bond donors (Lipinski definition) is 1. The summed E-state index contributed by atoms with van der Waals surface area (Å²) in [7, 11) is 0. The third kappa shape index (κ3) is 9.71. The number of pyridine rings is 1. The van der Waals surface area contributed by atoms with Gasteiger partial charge in [0.2, 0.25) is 0 Å². The lowest BCUT2D eigenvalue weighted by Crippen LogP contribution is -2.32. The summed E-state index contributed by atoms with van der Waals surface area (Å²) in [6.45, 7) is 4.87. The SMILES string of the molecule is CCOC(=O)CN(CCCCCCN)Cc1ccccn1.Cl. The molecular weight excluding hydrogens is 302 g/mol. The van der Waals surface area contributed by atoms with E-state index in [2.05, 4.69) is 9.88 Å². The van der Waals surface area contributed by atoms with Crippen LogP contribution in [0.4, 0.5) is 0 Å². The van der Waals surface area contributed by atoms with Crippen molar-refractivity contribution in [3.63, 3.8) is 0 Å². The quantitative estimate of drug-likeness (QED) is 0.498. The molecule has 1 rings (SSSR count). The number of halogens is 1. The molecular formula is C16H28ClN3O2. The summed E-state index contributed by atoms with van der Waals surface area (Å²) >= 11 is 0. The van der Waals surface area contributed by atoms with Crippen LogP contribution >= 0.6 is 12.4 Å². The summed E-state index contributed by atoms with van der Waals surface area (Å²) in [6.07, 6.45) is 6.19. The zero-order valence-corrected chi connectivity index (χ0v) is 14.2. The van der Waals surface area contributed by atoms with E-state index in [9.17, 15) is 4.79 Å². The third-order valence-electron chi connectivity index (χ3n) is 3.20. The van der Waals surface area contributed by atoms with Crippen LogP contribution in [0.25, 0.3) is 0 Å². The summed E-state index contributed by atoms with van der Waals surface area (Å²) in [4.78, 5) is 18.1. The molecule has 0 spiro atoms. The standard InChI is InChI=1S/C16H27N3O2.ClH/c1-2-21-16(20)14-19(12-8-4-3-6-10-17)13-15-9-5-7-11-18-15;/h5,7,9,11H,2-4,6,8,10,12-14,17H2,1H3;1H. The van der Waals surface area contributed by atoms with Crippen LogP contribution < -0.4 is 5.73 Å². The number of unbranched alkanes of at least 4 members (excludes halogenated alkanes) is 3. The Morgan fingerprint density at radius 3 is 2.68 bits per heavy atom. The van der Waals surface area contributed by atoms with Crippen molar-refractivity contribution < 1.29 is 9.53 Å². The van der Waals surface area contributed by atoms with Gasteiger partial charge in [0, 0.05) is 12.7 Å². The van der Waals surface area contributed by atoms with Gasteiger partial charge in [-0.05, 0) is 45.0 Å². The van der Waals surface area contributed by atoms with Crippen molar-refractivity contribution in [3.05, 3.63) is 30.1 Å². The number of hydrogen-bond acceptors (Lipinski definition) is 5. The molecule has 0 aliphatic rings. The molecule has 0 aliphatic carbocycles. The third-order valence-corrected chi connectivity index (χ3v) is 3.20. The molecule has 2 N–H and O–H groups in total. The van der Waals surface area contributed by atoms with Crippen LogP contribution in [0.5, 0.6) is 0 Å². The molecule has 0 amide bonds. The highest BCUT2D eigenvalue weighted by Crippen LogP contribution is 2.06. The van der Waals surface area contributed by atoms with E-state index in [-0.39, 0.29) is 18.4 Å². The second-order valence-electron chi connectivity index (χ2n) is 5.04. The van der Waals surface area contributed by atoms with Crippen molar-refractivity contribution in [2.24, 2.45) is 5.73 Å². The molecule has 126 valence electrons. The van der Waals surface area contributed by atoms with Crippen molar-refractivity contribution in [1.29, 1.82) is 0 Å². The minimum absolute atomic E-state index is 0. The Morgan fingerprint density at radius 1 is 1.27 bits per heavy atom. The van der Waals surface area contributed by atoms with Crippen molar-refractivity contribution in [1.82, 2.24) is 9.88 Å². The van der Waals surface area contributed by atoms with Gasteiger partial charge in [-0.25, -0.2) is 0 Å². The highest BCUT2D eigenvalue weighted by Gasteiger charge is 2.12. The molecule has 1 aromatic rings. The Balaban J connectivity index is 0.00000441. The lowest BCUT2D eigenvalue weighted by molar-refractivity contribution is -0.144. The Morgan fingerprint density at radius 2 is 2.05 bits per heavy atom. The van der Waals surface area contributed by atoms with E-state index in [1.54, 1.807) is 6.20 Å². The fourth-order valence-corrected chi connectivity index (χ4v) is 2.16. The van der Waals surface area contributed by atoms with E-state index >= 15 is 0 Å². The maximum atomic E-state index is 11.7. The molecule has 0 unspecified atom stereocenters. The first-order valence-electron chi connectivity index (χ1n) is 7.74. The minimum atomic E-state index is -0.171. The minimum Gasteiger partial charge on any atom is -0.465 e. The highest BCUT2D eigenvalue weighted by atomic mass is 35.5. The van der Waals surface area contributed by atoms with Gasteiger partial charge in [0.1, 0.15) is 0 Å². The van der Waals surface area contributed by atoms with E-state index in [1.165, 1.54) is 0 Å². The summed E-state index contributed by atoms with van der Waals surface area (Å²) < 4.78 is 5.04.